The van der Waals surface area contributed by atoms with Crippen LogP contribution in [0.5, 0.6) is 0 Å². The summed E-state index contributed by atoms with van der Waals surface area (Å²) in [5.41, 5.74) is 6.07. The van der Waals surface area contributed by atoms with Crippen molar-refractivity contribution in [3.63, 3.8) is 0 Å². The van der Waals surface area contributed by atoms with Gasteiger partial charge in [-0.05, 0) is 55.2 Å². The third-order valence-electron chi connectivity index (χ3n) is 4.44. The molecule has 4 nitrogen and oxygen atoms in total. The zero-order valence-electron chi connectivity index (χ0n) is 14.0. The molecule has 3 aromatic rings. The molecule has 0 amide bonds. The average molecular weight is 316 g/mol. The highest BCUT2D eigenvalue weighted by Gasteiger charge is 2.21. The van der Waals surface area contributed by atoms with Gasteiger partial charge in [-0.15, -0.1) is 0 Å². The summed E-state index contributed by atoms with van der Waals surface area (Å²) >= 11 is 0. The van der Waals surface area contributed by atoms with Gasteiger partial charge >= 0.3 is 0 Å². The van der Waals surface area contributed by atoms with Crippen molar-refractivity contribution in [2.45, 2.75) is 20.3 Å². The molecule has 1 N–H and O–H groups in total. The predicted octanol–water partition coefficient (Wildman–Crippen LogP) is 4.53. The molecule has 1 aliphatic rings. The van der Waals surface area contributed by atoms with Crippen LogP contribution in [0.1, 0.15) is 16.7 Å². The fraction of sp³-hybridized carbons (Fsp3) is 0.200. The van der Waals surface area contributed by atoms with E-state index in [1.54, 1.807) is 0 Å². The molecule has 0 radical (unpaired) electrons. The monoisotopic (exact) mass is 316 g/mol. The first-order valence-electron chi connectivity index (χ1n) is 8.23. The quantitative estimate of drug-likeness (QED) is 0.770. The number of anilines is 4. The lowest BCUT2D eigenvalue weighted by Gasteiger charge is -2.19. The van der Waals surface area contributed by atoms with Crippen LogP contribution < -0.4 is 10.2 Å². The van der Waals surface area contributed by atoms with Crippen molar-refractivity contribution in [3.8, 4) is 0 Å². The van der Waals surface area contributed by atoms with Gasteiger partial charge in [0.15, 0.2) is 0 Å². The van der Waals surface area contributed by atoms with E-state index >= 15 is 0 Å². The summed E-state index contributed by atoms with van der Waals surface area (Å²) in [7, 11) is 0. The van der Waals surface area contributed by atoms with Gasteiger partial charge in [0.2, 0.25) is 5.95 Å². The van der Waals surface area contributed by atoms with E-state index < -0.39 is 0 Å². The number of para-hydroxylation sites is 1. The van der Waals surface area contributed by atoms with E-state index in [9.17, 15) is 0 Å². The lowest BCUT2D eigenvalue weighted by Crippen LogP contribution is -2.15. The minimum atomic E-state index is 0.630. The highest BCUT2D eigenvalue weighted by Crippen LogP contribution is 2.33. The summed E-state index contributed by atoms with van der Waals surface area (Å²) in [6, 6.07) is 16.8. The SMILES string of the molecule is Cc1ccc(C)c(Nc2nccc(N3CCc4ccccc43)n2)c1. The number of nitrogens with one attached hydrogen (secondary N) is 1. The number of hydrogen-bond acceptors (Lipinski definition) is 4. The topological polar surface area (TPSA) is 41.1 Å². The highest BCUT2D eigenvalue weighted by atomic mass is 15.2. The van der Waals surface area contributed by atoms with Crippen LogP contribution >= 0.6 is 0 Å². The Bertz CT molecular complexity index is 888. The van der Waals surface area contributed by atoms with Crippen LogP contribution in [-0.2, 0) is 6.42 Å². The van der Waals surface area contributed by atoms with Gasteiger partial charge in [0.25, 0.3) is 0 Å². The number of rotatable bonds is 3. The largest absolute Gasteiger partial charge is 0.326 e. The molecule has 4 rings (SSSR count). The summed E-state index contributed by atoms with van der Waals surface area (Å²) in [6.45, 7) is 5.13. The lowest BCUT2D eigenvalue weighted by molar-refractivity contribution is 0.966. The summed E-state index contributed by atoms with van der Waals surface area (Å²) < 4.78 is 0. The summed E-state index contributed by atoms with van der Waals surface area (Å²) in [5, 5.41) is 3.35. The molecule has 0 spiro atoms. The molecule has 1 aliphatic heterocycles. The standard InChI is InChI=1S/C20H20N4/c1-14-7-8-15(2)17(13-14)22-20-21-11-9-19(23-20)24-12-10-16-5-3-4-6-18(16)24/h3-9,11,13H,10,12H2,1-2H3,(H,21,22,23). The minimum absolute atomic E-state index is 0.630. The molecule has 0 fully saturated rings. The van der Waals surface area contributed by atoms with Crippen LogP contribution in [-0.4, -0.2) is 16.5 Å². The second kappa shape index (κ2) is 5.96. The van der Waals surface area contributed by atoms with Gasteiger partial charge in [-0.2, -0.15) is 4.98 Å². The van der Waals surface area contributed by atoms with E-state index in [0.29, 0.717) is 5.95 Å². The first kappa shape index (κ1) is 14.7. The first-order chi connectivity index (χ1) is 11.7. The van der Waals surface area contributed by atoms with Crippen molar-refractivity contribution in [2.75, 3.05) is 16.8 Å². The Labute approximate surface area is 142 Å². The number of hydrogen-bond donors (Lipinski definition) is 1. The van der Waals surface area contributed by atoms with Gasteiger partial charge in [0.1, 0.15) is 5.82 Å². The summed E-state index contributed by atoms with van der Waals surface area (Å²) in [5.74, 6) is 1.56. The molecular weight excluding hydrogens is 296 g/mol. The Kier molecular flexibility index (Phi) is 3.65. The second-order valence-electron chi connectivity index (χ2n) is 6.21. The summed E-state index contributed by atoms with van der Waals surface area (Å²) in [6.07, 6.45) is 2.87. The Hall–Kier alpha value is -2.88. The van der Waals surface area contributed by atoms with Crippen molar-refractivity contribution in [2.24, 2.45) is 0 Å². The van der Waals surface area contributed by atoms with Crippen molar-refractivity contribution in [3.05, 3.63) is 71.4 Å². The lowest BCUT2D eigenvalue weighted by atomic mass is 10.1. The predicted molar refractivity (Wildman–Crippen MR) is 98.4 cm³/mol. The van der Waals surface area contributed by atoms with Crippen molar-refractivity contribution in [1.82, 2.24) is 9.97 Å². The second-order valence-corrected chi connectivity index (χ2v) is 6.21. The molecule has 2 heterocycles. The van der Waals surface area contributed by atoms with Crippen LogP contribution in [0.15, 0.2) is 54.7 Å². The fourth-order valence-corrected chi connectivity index (χ4v) is 3.13. The number of aryl methyl sites for hydroxylation is 2. The molecule has 2 aromatic carbocycles. The van der Waals surface area contributed by atoms with E-state index in [0.717, 1.165) is 24.5 Å². The van der Waals surface area contributed by atoms with E-state index in [1.807, 2.05) is 12.3 Å². The fourth-order valence-electron chi connectivity index (χ4n) is 3.13. The van der Waals surface area contributed by atoms with Gasteiger partial charge < -0.3 is 10.2 Å². The van der Waals surface area contributed by atoms with E-state index in [4.69, 9.17) is 4.98 Å². The normalized spacial score (nSPS) is 13.0. The number of nitrogens with zero attached hydrogens (tertiary/aromatic N) is 3. The molecule has 24 heavy (non-hydrogen) atoms. The molecular formula is C20H20N4. The van der Waals surface area contributed by atoms with E-state index in [-0.39, 0.29) is 0 Å². The number of benzene rings is 2. The van der Waals surface area contributed by atoms with Crippen LogP contribution in [0.25, 0.3) is 0 Å². The zero-order chi connectivity index (χ0) is 16.5. The molecule has 1 aromatic heterocycles. The molecule has 0 saturated heterocycles. The highest BCUT2D eigenvalue weighted by molar-refractivity contribution is 5.68. The molecule has 120 valence electrons. The average Bonchev–Trinajstić information content (AvgIpc) is 3.03. The maximum Gasteiger partial charge on any atom is 0.229 e. The Morgan fingerprint density at radius 3 is 2.83 bits per heavy atom. The Balaban J connectivity index is 1.64. The molecule has 0 bridgehead atoms. The van der Waals surface area contributed by atoms with E-state index in [2.05, 4.69) is 71.5 Å². The molecule has 0 saturated carbocycles. The van der Waals surface area contributed by atoms with Crippen LogP contribution in [0, 0.1) is 13.8 Å². The Morgan fingerprint density at radius 2 is 1.92 bits per heavy atom. The molecule has 4 heteroatoms. The number of aromatic nitrogens is 2. The van der Waals surface area contributed by atoms with Gasteiger partial charge in [0.05, 0.1) is 0 Å². The zero-order valence-corrected chi connectivity index (χ0v) is 14.0. The summed E-state index contributed by atoms with van der Waals surface area (Å²) in [4.78, 5) is 11.4. The smallest absolute Gasteiger partial charge is 0.229 e. The molecule has 0 aliphatic carbocycles. The molecule has 0 unspecified atom stereocenters. The molecule has 0 atom stereocenters. The van der Waals surface area contributed by atoms with E-state index in [1.165, 1.54) is 22.4 Å². The maximum absolute atomic E-state index is 4.72. The van der Waals surface area contributed by atoms with Gasteiger partial charge in [-0.25, -0.2) is 4.98 Å². The van der Waals surface area contributed by atoms with Crippen molar-refractivity contribution >= 4 is 23.1 Å². The van der Waals surface area contributed by atoms with Crippen LogP contribution in [0.2, 0.25) is 0 Å². The van der Waals surface area contributed by atoms with Crippen LogP contribution in [0.4, 0.5) is 23.1 Å². The minimum Gasteiger partial charge on any atom is -0.326 e. The van der Waals surface area contributed by atoms with Gasteiger partial charge in [-0.1, -0.05) is 30.3 Å². The number of fused-ring (bicyclic) bond motifs is 1. The van der Waals surface area contributed by atoms with Crippen molar-refractivity contribution < 1.29 is 0 Å². The van der Waals surface area contributed by atoms with Crippen molar-refractivity contribution in [1.29, 1.82) is 0 Å². The Morgan fingerprint density at radius 1 is 1.04 bits per heavy atom. The maximum atomic E-state index is 4.72. The third-order valence-corrected chi connectivity index (χ3v) is 4.44. The van der Waals surface area contributed by atoms with Gasteiger partial charge in [-0.3, -0.25) is 0 Å². The van der Waals surface area contributed by atoms with Gasteiger partial charge in [0, 0.05) is 24.1 Å². The first-order valence-corrected chi connectivity index (χ1v) is 8.23. The third kappa shape index (κ3) is 2.71. The van der Waals surface area contributed by atoms with Crippen LogP contribution in [0.3, 0.4) is 0 Å².